The van der Waals surface area contributed by atoms with Crippen LogP contribution in [0.5, 0.6) is 5.75 Å². The molecule has 0 saturated carbocycles. The lowest BCUT2D eigenvalue weighted by Crippen LogP contribution is -2.36. The van der Waals surface area contributed by atoms with Gasteiger partial charge < -0.3 is 15.2 Å². The minimum absolute atomic E-state index is 0.00706. The van der Waals surface area contributed by atoms with Gasteiger partial charge in [-0.25, -0.2) is 0 Å². The van der Waals surface area contributed by atoms with Gasteiger partial charge in [0.15, 0.2) is 0 Å². The number of phenolic OH excluding ortho intramolecular Hbond substituents is 1. The normalized spacial score (nSPS) is 18.0. The van der Waals surface area contributed by atoms with Crippen molar-refractivity contribution in [3.63, 3.8) is 0 Å². The molecule has 7 nitrogen and oxygen atoms in total. The van der Waals surface area contributed by atoms with Gasteiger partial charge >= 0.3 is 5.97 Å². The predicted molar refractivity (Wildman–Crippen MR) is 76.9 cm³/mol. The topological polar surface area (TPSA) is 95.9 Å². The molecule has 1 atom stereocenters. The van der Waals surface area contributed by atoms with E-state index >= 15 is 0 Å². The van der Waals surface area contributed by atoms with Gasteiger partial charge in [0.1, 0.15) is 11.0 Å². The number of benzene rings is 1. The number of anilines is 1. The Balaban J connectivity index is 1.94. The second-order valence-electron chi connectivity index (χ2n) is 4.30. The number of carbonyl (C=O) groups is 3. The zero-order valence-electron chi connectivity index (χ0n) is 11.2. The lowest BCUT2D eigenvalue weighted by atomic mass is 10.3. The number of carbonyl (C=O) groups excluding carboxylic acids is 3. The van der Waals surface area contributed by atoms with Crippen molar-refractivity contribution in [3.8, 4) is 5.75 Å². The van der Waals surface area contributed by atoms with Crippen LogP contribution < -0.4 is 5.32 Å². The van der Waals surface area contributed by atoms with Crippen LogP contribution in [0, 0.1) is 0 Å². The monoisotopic (exact) mass is 310 g/mol. The number of aromatic hydroxyl groups is 1. The van der Waals surface area contributed by atoms with Crippen molar-refractivity contribution in [2.45, 2.75) is 11.7 Å². The van der Waals surface area contributed by atoms with E-state index in [0.717, 1.165) is 16.7 Å². The van der Waals surface area contributed by atoms with Crippen LogP contribution in [0.15, 0.2) is 24.3 Å². The molecule has 8 heteroatoms. The third-order valence-corrected chi connectivity index (χ3v) is 3.97. The summed E-state index contributed by atoms with van der Waals surface area (Å²) in [4.78, 5) is 36.0. The predicted octanol–water partition coefficient (Wildman–Crippen LogP) is 1.39. The standard InChI is InChI=1S/C13H14N2O5S/c1-20-11(17)6-10-12(18)15(13(19)21-10)7-14-8-2-4-9(16)5-3-8/h2-5,10,14,16H,6-7H2,1H3. The molecular formula is C13H14N2O5S. The molecule has 1 unspecified atom stereocenters. The maximum absolute atomic E-state index is 12.0. The van der Waals surface area contributed by atoms with E-state index in [1.165, 1.54) is 19.2 Å². The van der Waals surface area contributed by atoms with Crippen molar-refractivity contribution < 1.29 is 24.2 Å². The van der Waals surface area contributed by atoms with Gasteiger partial charge in [0.2, 0.25) is 5.91 Å². The van der Waals surface area contributed by atoms with Crippen LogP contribution >= 0.6 is 11.8 Å². The molecule has 0 spiro atoms. The highest BCUT2D eigenvalue weighted by molar-refractivity contribution is 8.15. The first kappa shape index (κ1) is 15.2. The van der Waals surface area contributed by atoms with Gasteiger partial charge in [-0.2, -0.15) is 0 Å². The molecule has 0 aromatic heterocycles. The van der Waals surface area contributed by atoms with E-state index in [1.54, 1.807) is 12.1 Å². The molecule has 2 N–H and O–H groups in total. The zero-order valence-corrected chi connectivity index (χ0v) is 12.1. The third kappa shape index (κ3) is 3.66. The Morgan fingerprint density at radius 2 is 2.05 bits per heavy atom. The number of methoxy groups -OCH3 is 1. The Morgan fingerprint density at radius 1 is 1.38 bits per heavy atom. The van der Waals surface area contributed by atoms with Crippen molar-refractivity contribution in [1.29, 1.82) is 0 Å². The fraction of sp³-hybridized carbons (Fsp3) is 0.308. The van der Waals surface area contributed by atoms with Gasteiger partial charge in [-0.05, 0) is 24.3 Å². The highest BCUT2D eigenvalue weighted by atomic mass is 32.2. The van der Waals surface area contributed by atoms with Gasteiger partial charge in [-0.15, -0.1) is 0 Å². The van der Waals surface area contributed by atoms with Crippen LogP contribution in [0.25, 0.3) is 0 Å². The fourth-order valence-electron chi connectivity index (χ4n) is 1.76. The Morgan fingerprint density at radius 3 is 2.67 bits per heavy atom. The third-order valence-electron chi connectivity index (χ3n) is 2.89. The number of nitrogens with one attached hydrogen (secondary N) is 1. The van der Waals surface area contributed by atoms with Crippen LogP contribution in [0.2, 0.25) is 0 Å². The van der Waals surface area contributed by atoms with Crippen LogP contribution in [-0.2, 0) is 14.3 Å². The molecule has 21 heavy (non-hydrogen) atoms. The molecule has 1 aromatic rings. The Bertz CT molecular complexity index is 560. The minimum Gasteiger partial charge on any atom is -0.508 e. The minimum atomic E-state index is -0.730. The number of thioether (sulfide) groups is 1. The summed E-state index contributed by atoms with van der Waals surface area (Å²) in [6.45, 7) is 0.00706. The molecule has 2 amide bonds. The van der Waals surface area contributed by atoms with Crippen molar-refractivity contribution in [3.05, 3.63) is 24.3 Å². The van der Waals surface area contributed by atoms with Gasteiger partial charge in [0.25, 0.3) is 5.24 Å². The summed E-state index contributed by atoms with van der Waals surface area (Å²) in [6.07, 6.45) is -0.124. The Kier molecular flexibility index (Phi) is 4.69. The number of nitrogens with zero attached hydrogens (tertiary/aromatic N) is 1. The quantitative estimate of drug-likeness (QED) is 0.626. The molecule has 0 radical (unpaired) electrons. The Labute approximate surface area is 125 Å². The van der Waals surface area contributed by atoms with Crippen LogP contribution in [0.1, 0.15) is 6.42 Å². The molecule has 1 aromatic carbocycles. The number of hydrogen-bond acceptors (Lipinski definition) is 7. The first-order chi connectivity index (χ1) is 10.0. The number of hydrogen-bond donors (Lipinski definition) is 2. The Hall–Kier alpha value is -2.22. The van der Waals surface area contributed by atoms with E-state index in [9.17, 15) is 14.4 Å². The van der Waals surface area contributed by atoms with E-state index < -0.39 is 22.4 Å². The first-order valence-corrected chi connectivity index (χ1v) is 7.01. The summed E-state index contributed by atoms with van der Waals surface area (Å²) < 4.78 is 4.50. The number of ether oxygens (including phenoxy) is 1. The molecule has 2 rings (SSSR count). The highest BCUT2D eigenvalue weighted by Crippen LogP contribution is 2.29. The highest BCUT2D eigenvalue weighted by Gasteiger charge is 2.40. The van der Waals surface area contributed by atoms with Crippen LogP contribution in [0.4, 0.5) is 10.5 Å². The average molecular weight is 310 g/mol. The second kappa shape index (κ2) is 6.49. The summed E-state index contributed by atoms with van der Waals surface area (Å²) in [6, 6.07) is 6.23. The van der Waals surface area contributed by atoms with Crippen molar-refractivity contribution in [1.82, 2.24) is 4.90 Å². The SMILES string of the molecule is COC(=O)CC1SC(=O)N(CNc2ccc(O)cc2)C1=O. The van der Waals surface area contributed by atoms with E-state index in [0.29, 0.717) is 5.69 Å². The van der Waals surface area contributed by atoms with Gasteiger partial charge in [0, 0.05) is 5.69 Å². The molecule has 1 aliphatic rings. The molecular weight excluding hydrogens is 296 g/mol. The number of imide groups is 1. The molecule has 1 fully saturated rings. The zero-order chi connectivity index (χ0) is 15.4. The van der Waals surface area contributed by atoms with E-state index in [-0.39, 0.29) is 18.8 Å². The lowest BCUT2D eigenvalue weighted by molar-refractivity contribution is -0.142. The summed E-state index contributed by atoms with van der Waals surface area (Å²) >= 11 is 0.820. The number of phenols is 1. The maximum atomic E-state index is 12.0. The van der Waals surface area contributed by atoms with E-state index in [4.69, 9.17) is 5.11 Å². The van der Waals surface area contributed by atoms with Crippen molar-refractivity contribution >= 4 is 34.6 Å². The largest absolute Gasteiger partial charge is 0.508 e. The van der Waals surface area contributed by atoms with Gasteiger partial charge in [-0.1, -0.05) is 11.8 Å². The van der Waals surface area contributed by atoms with E-state index in [2.05, 4.69) is 10.1 Å². The number of rotatable bonds is 5. The summed E-state index contributed by atoms with van der Waals surface area (Å²) in [5.74, 6) is -0.814. The molecule has 0 bridgehead atoms. The molecule has 112 valence electrons. The fourth-order valence-corrected chi connectivity index (χ4v) is 2.73. The maximum Gasteiger partial charge on any atom is 0.307 e. The summed E-state index contributed by atoms with van der Waals surface area (Å²) in [5, 5.41) is 10.9. The number of amides is 2. The van der Waals surface area contributed by atoms with Gasteiger partial charge in [0.05, 0.1) is 20.2 Å². The van der Waals surface area contributed by atoms with Crippen molar-refractivity contribution in [2.24, 2.45) is 0 Å². The average Bonchev–Trinajstić information content (AvgIpc) is 2.73. The summed E-state index contributed by atoms with van der Waals surface area (Å²) in [7, 11) is 1.23. The second-order valence-corrected chi connectivity index (χ2v) is 5.45. The first-order valence-electron chi connectivity index (χ1n) is 6.13. The molecule has 0 aliphatic carbocycles. The van der Waals surface area contributed by atoms with Gasteiger partial charge in [-0.3, -0.25) is 19.3 Å². The van der Waals surface area contributed by atoms with Crippen LogP contribution in [-0.4, -0.2) is 46.2 Å². The molecule has 1 saturated heterocycles. The van der Waals surface area contributed by atoms with E-state index in [1.807, 2.05) is 0 Å². The number of esters is 1. The van der Waals surface area contributed by atoms with Crippen molar-refractivity contribution in [2.75, 3.05) is 19.1 Å². The summed E-state index contributed by atoms with van der Waals surface area (Å²) in [5.41, 5.74) is 0.662. The molecule has 1 aliphatic heterocycles. The van der Waals surface area contributed by atoms with Crippen LogP contribution in [0.3, 0.4) is 0 Å². The lowest BCUT2D eigenvalue weighted by Gasteiger charge is -2.15. The molecule has 1 heterocycles. The smallest absolute Gasteiger partial charge is 0.307 e.